The molecule has 1 aromatic rings. The Kier molecular flexibility index (Phi) is 3.32. The zero-order valence-electron chi connectivity index (χ0n) is 8.40. The first-order valence-corrected chi connectivity index (χ1v) is 5.03. The SMILES string of the molecule is O=C(Nc1ccccc1)[C@H]1COCCN1. The van der Waals surface area contributed by atoms with E-state index in [9.17, 15) is 4.79 Å². The van der Waals surface area contributed by atoms with Crippen molar-refractivity contribution < 1.29 is 9.53 Å². The molecule has 1 amide bonds. The summed E-state index contributed by atoms with van der Waals surface area (Å²) in [5.74, 6) is -0.0408. The second-order valence-corrected chi connectivity index (χ2v) is 3.44. The zero-order chi connectivity index (χ0) is 10.5. The van der Waals surface area contributed by atoms with Crippen molar-refractivity contribution in [2.45, 2.75) is 6.04 Å². The van der Waals surface area contributed by atoms with Gasteiger partial charge in [0, 0.05) is 12.2 Å². The minimum atomic E-state index is -0.237. The Labute approximate surface area is 88.6 Å². The molecule has 0 aromatic heterocycles. The molecule has 1 atom stereocenters. The van der Waals surface area contributed by atoms with Crippen LogP contribution in [0.3, 0.4) is 0 Å². The van der Waals surface area contributed by atoms with E-state index in [0.717, 1.165) is 12.2 Å². The van der Waals surface area contributed by atoms with E-state index in [1.807, 2.05) is 30.3 Å². The molecule has 1 fully saturated rings. The molecule has 0 saturated carbocycles. The maximum Gasteiger partial charge on any atom is 0.243 e. The lowest BCUT2D eigenvalue weighted by molar-refractivity contribution is -0.120. The number of hydrogen-bond acceptors (Lipinski definition) is 3. The molecular formula is C11H14N2O2. The van der Waals surface area contributed by atoms with Gasteiger partial charge in [0.15, 0.2) is 0 Å². The number of nitrogens with one attached hydrogen (secondary N) is 2. The molecule has 1 heterocycles. The van der Waals surface area contributed by atoms with Crippen molar-refractivity contribution in [2.75, 3.05) is 25.1 Å². The fourth-order valence-corrected chi connectivity index (χ4v) is 1.48. The van der Waals surface area contributed by atoms with Crippen LogP contribution in [-0.2, 0) is 9.53 Å². The van der Waals surface area contributed by atoms with E-state index in [4.69, 9.17) is 4.74 Å². The van der Waals surface area contributed by atoms with E-state index in [2.05, 4.69) is 10.6 Å². The summed E-state index contributed by atoms with van der Waals surface area (Å²) >= 11 is 0. The van der Waals surface area contributed by atoms with Gasteiger partial charge in [-0.05, 0) is 12.1 Å². The Morgan fingerprint density at radius 2 is 2.20 bits per heavy atom. The second kappa shape index (κ2) is 4.91. The molecule has 2 rings (SSSR count). The Morgan fingerprint density at radius 3 is 2.87 bits per heavy atom. The largest absolute Gasteiger partial charge is 0.378 e. The Balaban J connectivity index is 1.91. The van der Waals surface area contributed by atoms with Crippen molar-refractivity contribution in [2.24, 2.45) is 0 Å². The molecule has 4 heteroatoms. The Morgan fingerprint density at radius 1 is 1.40 bits per heavy atom. The van der Waals surface area contributed by atoms with Crippen LogP contribution in [0.5, 0.6) is 0 Å². The molecule has 1 aromatic carbocycles. The van der Waals surface area contributed by atoms with Crippen LogP contribution in [0, 0.1) is 0 Å². The average molecular weight is 206 g/mol. The number of anilines is 1. The minimum Gasteiger partial charge on any atom is -0.378 e. The molecule has 0 unspecified atom stereocenters. The summed E-state index contributed by atoms with van der Waals surface area (Å²) in [6, 6.07) is 9.18. The average Bonchev–Trinajstić information content (AvgIpc) is 2.31. The monoisotopic (exact) mass is 206 g/mol. The van der Waals surface area contributed by atoms with Crippen LogP contribution in [0.1, 0.15) is 0 Å². The number of carbonyl (C=O) groups is 1. The third-order valence-corrected chi connectivity index (χ3v) is 2.28. The highest BCUT2D eigenvalue weighted by atomic mass is 16.5. The molecule has 1 aliphatic rings. The number of morpholine rings is 1. The van der Waals surface area contributed by atoms with Crippen molar-refractivity contribution in [1.82, 2.24) is 5.32 Å². The van der Waals surface area contributed by atoms with Crippen LogP contribution in [0.25, 0.3) is 0 Å². The summed E-state index contributed by atoms with van der Waals surface area (Å²) in [4.78, 5) is 11.7. The first kappa shape index (κ1) is 10.1. The van der Waals surface area contributed by atoms with Crippen LogP contribution >= 0.6 is 0 Å². The number of hydrogen-bond donors (Lipinski definition) is 2. The van der Waals surface area contributed by atoms with Crippen molar-refractivity contribution in [1.29, 1.82) is 0 Å². The number of para-hydroxylation sites is 1. The predicted octanol–water partition coefficient (Wildman–Crippen LogP) is 0.613. The lowest BCUT2D eigenvalue weighted by Gasteiger charge is -2.22. The van der Waals surface area contributed by atoms with Crippen LogP contribution in [-0.4, -0.2) is 31.7 Å². The van der Waals surface area contributed by atoms with Gasteiger partial charge in [-0.25, -0.2) is 0 Å². The zero-order valence-corrected chi connectivity index (χ0v) is 8.40. The van der Waals surface area contributed by atoms with Gasteiger partial charge in [0.2, 0.25) is 5.91 Å². The quantitative estimate of drug-likeness (QED) is 0.745. The minimum absolute atomic E-state index is 0.0408. The van der Waals surface area contributed by atoms with Gasteiger partial charge in [-0.15, -0.1) is 0 Å². The van der Waals surface area contributed by atoms with Gasteiger partial charge >= 0.3 is 0 Å². The van der Waals surface area contributed by atoms with Gasteiger partial charge in [-0.3, -0.25) is 4.79 Å². The van der Waals surface area contributed by atoms with Gasteiger partial charge in [-0.1, -0.05) is 18.2 Å². The molecule has 0 radical (unpaired) electrons. The van der Waals surface area contributed by atoms with Crippen LogP contribution in [0.4, 0.5) is 5.69 Å². The Bertz CT molecular complexity index is 321. The fourth-order valence-electron chi connectivity index (χ4n) is 1.48. The smallest absolute Gasteiger partial charge is 0.243 e. The third-order valence-electron chi connectivity index (χ3n) is 2.28. The number of amides is 1. The lowest BCUT2D eigenvalue weighted by Crippen LogP contribution is -2.48. The van der Waals surface area contributed by atoms with E-state index in [1.54, 1.807) is 0 Å². The standard InChI is InChI=1S/C11H14N2O2/c14-11(10-8-15-7-6-12-10)13-9-4-2-1-3-5-9/h1-5,10,12H,6-8H2,(H,13,14)/t10-/m1/s1. The molecule has 4 nitrogen and oxygen atoms in total. The fraction of sp³-hybridized carbons (Fsp3) is 0.364. The number of benzene rings is 1. The van der Waals surface area contributed by atoms with Crippen LogP contribution in [0.15, 0.2) is 30.3 Å². The molecule has 80 valence electrons. The van der Waals surface area contributed by atoms with E-state index in [1.165, 1.54) is 0 Å². The highest BCUT2D eigenvalue weighted by molar-refractivity contribution is 5.94. The first-order valence-electron chi connectivity index (χ1n) is 5.03. The summed E-state index contributed by atoms with van der Waals surface area (Å²) < 4.78 is 5.22. The van der Waals surface area contributed by atoms with E-state index in [0.29, 0.717) is 13.2 Å². The third kappa shape index (κ3) is 2.78. The number of ether oxygens (including phenoxy) is 1. The van der Waals surface area contributed by atoms with Gasteiger partial charge in [0.1, 0.15) is 6.04 Å². The summed E-state index contributed by atoms with van der Waals surface area (Å²) in [7, 11) is 0. The van der Waals surface area contributed by atoms with Crippen molar-refractivity contribution in [3.8, 4) is 0 Å². The number of carbonyl (C=O) groups excluding carboxylic acids is 1. The maximum atomic E-state index is 11.7. The van der Waals surface area contributed by atoms with E-state index >= 15 is 0 Å². The summed E-state index contributed by atoms with van der Waals surface area (Å²) in [6.07, 6.45) is 0. The molecule has 2 N–H and O–H groups in total. The summed E-state index contributed by atoms with van der Waals surface area (Å²) in [5, 5.41) is 5.93. The molecular weight excluding hydrogens is 192 g/mol. The van der Waals surface area contributed by atoms with Gasteiger partial charge < -0.3 is 15.4 Å². The number of rotatable bonds is 2. The topological polar surface area (TPSA) is 50.4 Å². The molecule has 1 aliphatic heterocycles. The van der Waals surface area contributed by atoms with Crippen LogP contribution in [0.2, 0.25) is 0 Å². The van der Waals surface area contributed by atoms with Crippen molar-refractivity contribution in [3.63, 3.8) is 0 Å². The summed E-state index contributed by atoms with van der Waals surface area (Å²) in [5.41, 5.74) is 0.815. The van der Waals surface area contributed by atoms with Gasteiger partial charge in [0.25, 0.3) is 0 Å². The molecule has 0 aliphatic carbocycles. The van der Waals surface area contributed by atoms with Crippen molar-refractivity contribution >= 4 is 11.6 Å². The molecule has 0 spiro atoms. The second-order valence-electron chi connectivity index (χ2n) is 3.44. The highest BCUT2D eigenvalue weighted by Gasteiger charge is 2.20. The van der Waals surface area contributed by atoms with Crippen molar-refractivity contribution in [3.05, 3.63) is 30.3 Å². The van der Waals surface area contributed by atoms with Crippen LogP contribution < -0.4 is 10.6 Å². The Hall–Kier alpha value is -1.39. The molecule has 15 heavy (non-hydrogen) atoms. The van der Waals surface area contributed by atoms with Gasteiger partial charge in [-0.2, -0.15) is 0 Å². The predicted molar refractivity (Wildman–Crippen MR) is 57.7 cm³/mol. The summed E-state index contributed by atoms with van der Waals surface area (Å²) in [6.45, 7) is 1.85. The lowest BCUT2D eigenvalue weighted by atomic mass is 10.2. The normalized spacial score (nSPS) is 20.9. The maximum absolute atomic E-state index is 11.7. The highest BCUT2D eigenvalue weighted by Crippen LogP contribution is 2.06. The first-order chi connectivity index (χ1) is 7.36. The van der Waals surface area contributed by atoms with E-state index in [-0.39, 0.29) is 11.9 Å². The van der Waals surface area contributed by atoms with E-state index < -0.39 is 0 Å². The molecule has 0 bridgehead atoms. The van der Waals surface area contributed by atoms with Gasteiger partial charge in [0.05, 0.1) is 13.2 Å². The molecule has 1 saturated heterocycles.